The zero-order valence-corrected chi connectivity index (χ0v) is 13.8. The topological polar surface area (TPSA) is 68.4 Å². The Kier molecular flexibility index (Phi) is 3.53. The highest BCUT2D eigenvalue weighted by molar-refractivity contribution is 6.05. The van der Waals surface area contributed by atoms with Crippen LogP contribution >= 0.6 is 0 Å². The Balaban J connectivity index is 2.04. The van der Waals surface area contributed by atoms with Crippen molar-refractivity contribution < 1.29 is 9.72 Å². The van der Waals surface area contributed by atoms with Gasteiger partial charge in [-0.3, -0.25) is 14.9 Å². The van der Waals surface area contributed by atoms with Crippen molar-refractivity contribution in [2.45, 2.75) is 13.0 Å². The fraction of sp³-hybridized carbons (Fsp3) is 0.211. The minimum absolute atomic E-state index is 0.0401. The first kappa shape index (κ1) is 15.4. The van der Waals surface area contributed by atoms with E-state index >= 15 is 0 Å². The molecule has 25 heavy (non-hydrogen) atoms. The largest absolute Gasteiger partial charge is 0.340 e. The highest BCUT2D eigenvalue weighted by Crippen LogP contribution is 2.36. The Morgan fingerprint density at radius 1 is 1.12 bits per heavy atom. The number of likely N-dealkylation sites (N-methyl/N-ethyl adjacent to an activating group) is 1. The molecule has 1 aliphatic rings. The molecule has 0 atom stereocenters. The van der Waals surface area contributed by atoms with Crippen molar-refractivity contribution in [3.8, 4) is 0 Å². The number of carbonyl (C=O) groups excluding carboxylic acids is 1. The average Bonchev–Trinajstić information content (AvgIpc) is 2.93. The summed E-state index contributed by atoms with van der Waals surface area (Å²) < 4.78 is 1.82. The number of nitro groups is 1. The number of non-ortho nitro benzene ring substituents is 1. The second kappa shape index (κ2) is 5.73. The zero-order valence-electron chi connectivity index (χ0n) is 13.8. The Morgan fingerprint density at radius 2 is 1.88 bits per heavy atom. The lowest BCUT2D eigenvalue weighted by Crippen LogP contribution is -2.35. The van der Waals surface area contributed by atoms with Gasteiger partial charge in [0.05, 0.1) is 4.92 Å². The smallest absolute Gasteiger partial charge is 0.293 e. The highest BCUT2D eigenvalue weighted by Gasteiger charge is 2.32. The maximum atomic E-state index is 12.8. The Labute approximate surface area is 144 Å². The first-order valence-electron chi connectivity index (χ1n) is 8.16. The normalized spacial score (nSPS) is 14.0. The van der Waals surface area contributed by atoms with Gasteiger partial charge in [-0.1, -0.05) is 42.5 Å². The van der Waals surface area contributed by atoms with Crippen LogP contribution in [0.2, 0.25) is 0 Å². The summed E-state index contributed by atoms with van der Waals surface area (Å²) in [6, 6.07) is 14.8. The predicted octanol–water partition coefficient (Wildman–Crippen LogP) is 3.23. The van der Waals surface area contributed by atoms with Gasteiger partial charge in [0.2, 0.25) is 0 Å². The maximum absolute atomic E-state index is 12.8. The first-order valence-corrected chi connectivity index (χ1v) is 8.16. The van der Waals surface area contributed by atoms with Crippen LogP contribution in [0, 0.1) is 10.1 Å². The molecule has 1 aliphatic heterocycles. The fourth-order valence-corrected chi connectivity index (χ4v) is 3.59. The Morgan fingerprint density at radius 3 is 2.60 bits per heavy atom. The molecule has 126 valence electrons. The molecule has 0 fully saturated rings. The minimum atomic E-state index is -0.372. The standard InChI is InChI=1S/C19H17N3O3/c1-20-11-10-15-14-8-5-9-16(22(24)25)17(14)21(18(15)19(20)23)12-13-6-3-2-4-7-13/h2-9H,10-12H2,1H3. The summed E-state index contributed by atoms with van der Waals surface area (Å²) in [7, 11) is 1.77. The number of hydrogen-bond donors (Lipinski definition) is 0. The van der Waals surface area contributed by atoms with Crippen molar-refractivity contribution in [2.75, 3.05) is 13.6 Å². The van der Waals surface area contributed by atoms with E-state index in [1.165, 1.54) is 6.07 Å². The molecule has 4 rings (SSSR count). The van der Waals surface area contributed by atoms with Crippen LogP contribution in [0.15, 0.2) is 48.5 Å². The second-order valence-corrected chi connectivity index (χ2v) is 6.31. The molecule has 1 aromatic heterocycles. The molecule has 0 radical (unpaired) electrons. The molecular formula is C19H17N3O3. The third kappa shape index (κ3) is 2.38. The first-order chi connectivity index (χ1) is 12.1. The number of rotatable bonds is 3. The fourth-order valence-electron chi connectivity index (χ4n) is 3.59. The summed E-state index contributed by atoms with van der Waals surface area (Å²) in [4.78, 5) is 25.7. The molecule has 6 heteroatoms. The number of para-hydroxylation sites is 1. The molecule has 1 amide bonds. The van der Waals surface area contributed by atoms with Crippen LogP contribution in [0.1, 0.15) is 21.6 Å². The number of amides is 1. The van der Waals surface area contributed by atoms with Crippen LogP contribution < -0.4 is 0 Å². The monoisotopic (exact) mass is 335 g/mol. The number of benzene rings is 2. The molecule has 0 aliphatic carbocycles. The molecular weight excluding hydrogens is 318 g/mol. The molecule has 0 spiro atoms. The van der Waals surface area contributed by atoms with Crippen LogP contribution in [0.5, 0.6) is 0 Å². The summed E-state index contributed by atoms with van der Waals surface area (Å²) in [6.45, 7) is 1.05. The van der Waals surface area contributed by atoms with Crippen molar-refractivity contribution in [3.63, 3.8) is 0 Å². The Hall–Kier alpha value is -3.15. The second-order valence-electron chi connectivity index (χ2n) is 6.31. The van der Waals surface area contributed by atoms with Crippen molar-refractivity contribution in [3.05, 3.63) is 75.5 Å². The van der Waals surface area contributed by atoms with E-state index in [1.54, 1.807) is 18.0 Å². The molecule has 3 aromatic rings. The molecule has 6 nitrogen and oxygen atoms in total. The van der Waals surface area contributed by atoms with Crippen LogP contribution in [0.3, 0.4) is 0 Å². The van der Waals surface area contributed by atoms with E-state index in [0.29, 0.717) is 30.7 Å². The van der Waals surface area contributed by atoms with E-state index in [4.69, 9.17) is 0 Å². The van der Waals surface area contributed by atoms with Gasteiger partial charge in [0.1, 0.15) is 11.2 Å². The van der Waals surface area contributed by atoms with Gasteiger partial charge in [0.15, 0.2) is 0 Å². The summed E-state index contributed by atoms with van der Waals surface area (Å²) in [5, 5.41) is 12.4. The van der Waals surface area contributed by atoms with Gasteiger partial charge in [0, 0.05) is 31.6 Å². The van der Waals surface area contributed by atoms with Crippen LogP contribution in [0.25, 0.3) is 10.9 Å². The molecule has 0 unspecified atom stereocenters. The van der Waals surface area contributed by atoms with Gasteiger partial charge in [-0.15, -0.1) is 0 Å². The lowest BCUT2D eigenvalue weighted by Gasteiger charge is -2.24. The molecule has 0 saturated heterocycles. The lowest BCUT2D eigenvalue weighted by atomic mass is 10.0. The number of aromatic nitrogens is 1. The minimum Gasteiger partial charge on any atom is -0.340 e. The summed E-state index contributed by atoms with van der Waals surface area (Å²) in [5.41, 5.74) is 3.06. The lowest BCUT2D eigenvalue weighted by molar-refractivity contribution is -0.383. The molecule has 0 saturated carbocycles. The third-order valence-corrected chi connectivity index (χ3v) is 4.79. The van der Waals surface area contributed by atoms with Gasteiger partial charge < -0.3 is 9.47 Å². The predicted molar refractivity (Wildman–Crippen MR) is 94.8 cm³/mol. The maximum Gasteiger partial charge on any atom is 0.293 e. The van der Waals surface area contributed by atoms with E-state index in [2.05, 4.69) is 0 Å². The van der Waals surface area contributed by atoms with Gasteiger partial charge in [-0.25, -0.2) is 0 Å². The van der Waals surface area contributed by atoms with Crippen molar-refractivity contribution >= 4 is 22.5 Å². The van der Waals surface area contributed by atoms with Gasteiger partial charge >= 0.3 is 0 Å². The summed E-state index contributed by atoms with van der Waals surface area (Å²) in [6.07, 6.45) is 0.705. The molecule has 0 N–H and O–H groups in total. The average molecular weight is 335 g/mol. The van der Waals surface area contributed by atoms with Crippen molar-refractivity contribution in [1.82, 2.24) is 9.47 Å². The molecule has 2 aromatic carbocycles. The third-order valence-electron chi connectivity index (χ3n) is 4.79. The van der Waals surface area contributed by atoms with Crippen LogP contribution in [-0.4, -0.2) is 33.9 Å². The van der Waals surface area contributed by atoms with Crippen LogP contribution in [0.4, 0.5) is 5.69 Å². The van der Waals surface area contributed by atoms with Gasteiger partial charge in [0.25, 0.3) is 11.6 Å². The number of carbonyl (C=O) groups is 1. The number of fused-ring (bicyclic) bond motifs is 3. The van der Waals surface area contributed by atoms with E-state index < -0.39 is 0 Å². The zero-order chi connectivity index (χ0) is 17.6. The summed E-state index contributed by atoms with van der Waals surface area (Å²) >= 11 is 0. The van der Waals surface area contributed by atoms with Crippen molar-refractivity contribution in [2.24, 2.45) is 0 Å². The quantitative estimate of drug-likeness (QED) is 0.545. The van der Waals surface area contributed by atoms with E-state index in [0.717, 1.165) is 16.5 Å². The van der Waals surface area contributed by atoms with E-state index in [-0.39, 0.29) is 16.5 Å². The van der Waals surface area contributed by atoms with E-state index in [9.17, 15) is 14.9 Å². The highest BCUT2D eigenvalue weighted by atomic mass is 16.6. The number of hydrogen-bond acceptors (Lipinski definition) is 3. The molecule has 2 heterocycles. The number of nitrogens with zero attached hydrogens (tertiary/aromatic N) is 3. The number of nitro benzene ring substituents is 1. The van der Waals surface area contributed by atoms with Crippen LogP contribution in [-0.2, 0) is 13.0 Å². The molecule has 0 bridgehead atoms. The SMILES string of the molecule is CN1CCc2c(n(Cc3ccccc3)c3c([N+](=O)[O-])cccc23)C1=O. The van der Waals surface area contributed by atoms with E-state index in [1.807, 2.05) is 41.0 Å². The summed E-state index contributed by atoms with van der Waals surface area (Å²) in [5.74, 6) is -0.0809. The van der Waals surface area contributed by atoms with Crippen molar-refractivity contribution in [1.29, 1.82) is 0 Å². The Bertz CT molecular complexity index is 992. The van der Waals surface area contributed by atoms with Gasteiger partial charge in [-0.2, -0.15) is 0 Å². The van der Waals surface area contributed by atoms with Gasteiger partial charge in [-0.05, 0) is 17.5 Å².